The fourth-order valence-electron chi connectivity index (χ4n) is 4.22. The van der Waals surface area contributed by atoms with Crippen LogP contribution in [0, 0.1) is 10.1 Å². The number of carbonyl (C=O) groups excluding carboxylic acids is 4. The summed E-state index contributed by atoms with van der Waals surface area (Å²) in [6.45, 7) is 0. The topological polar surface area (TPSA) is 124 Å². The van der Waals surface area contributed by atoms with Crippen LogP contribution in [0.1, 0.15) is 53.1 Å². The molecule has 0 bridgehead atoms. The lowest BCUT2D eigenvalue weighted by Gasteiger charge is -2.18. The van der Waals surface area contributed by atoms with E-state index in [4.69, 9.17) is 27.9 Å². The zero-order valence-corrected chi connectivity index (χ0v) is 21.8. The van der Waals surface area contributed by atoms with Crippen molar-refractivity contribution in [3.63, 3.8) is 0 Å². The van der Waals surface area contributed by atoms with E-state index < -0.39 is 34.6 Å². The van der Waals surface area contributed by atoms with Gasteiger partial charge in [0.2, 0.25) is 5.78 Å². The van der Waals surface area contributed by atoms with E-state index in [9.17, 15) is 29.3 Å². The van der Waals surface area contributed by atoms with Crippen molar-refractivity contribution in [2.45, 2.75) is 6.10 Å². The van der Waals surface area contributed by atoms with E-state index in [1.165, 1.54) is 60.7 Å². The molecule has 11 heteroatoms. The van der Waals surface area contributed by atoms with Gasteiger partial charge in [-0.1, -0.05) is 59.6 Å². The summed E-state index contributed by atoms with van der Waals surface area (Å²) < 4.78 is 5.60. The standard InChI is InChI=1S/C29H16Cl2N2O7/c30-22-7-4-8-23(24(22)31)32-27(35)20-14-11-18(15-21(20)28(32)36)29(37)40-26(25(34)16-5-2-1-3-6-16)17-9-12-19(13-10-17)33(38)39/h1-15,26H/t26-/m0/s1. The second kappa shape index (κ2) is 10.7. The maximum Gasteiger partial charge on any atom is 0.339 e. The van der Waals surface area contributed by atoms with Crippen LogP contribution in [0.3, 0.4) is 0 Å². The Morgan fingerprint density at radius 1 is 0.800 bits per heavy atom. The number of ether oxygens (including phenoxy) is 1. The maximum atomic E-state index is 13.3. The molecule has 198 valence electrons. The van der Waals surface area contributed by atoms with Crippen LogP contribution >= 0.6 is 23.2 Å². The number of fused-ring (bicyclic) bond motifs is 1. The number of hydrogen-bond acceptors (Lipinski definition) is 7. The van der Waals surface area contributed by atoms with Crippen molar-refractivity contribution in [3.8, 4) is 0 Å². The zero-order chi connectivity index (χ0) is 28.6. The van der Waals surface area contributed by atoms with Gasteiger partial charge in [-0.3, -0.25) is 24.5 Å². The summed E-state index contributed by atoms with van der Waals surface area (Å²) >= 11 is 12.3. The molecule has 0 aromatic heterocycles. The summed E-state index contributed by atoms with van der Waals surface area (Å²) in [6, 6.07) is 21.5. The number of ketones is 1. The third-order valence-corrected chi connectivity index (χ3v) is 7.03. The lowest BCUT2D eigenvalue weighted by molar-refractivity contribution is -0.384. The number of non-ortho nitro benzene ring substituents is 1. The molecule has 0 saturated carbocycles. The van der Waals surface area contributed by atoms with Gasteiger partial charge in [-0.25, -0.2) is 9.69 Å². The van der Waals surface area contributed by atoms with Gasteiger partial charge in [-0.05, 0) is 42.5 Å². The minimum Gasteiger partial charge on any atom is -0.445 e. The van der Waals surface area contributed by atoms with Gasteiger partial charge in [0, 0.05) is 23.3 Å². The van der Waals surface area contributed by atoms with E-state index in [0.717, 1.165) is 4.90 Å². The average Bonchev–Trinajstić information content (AvgIpc) is 3.22. The second-order valence-corrected chi connectivity index (χ2v) is 9.43. The Balaban J connectivity index is 1.47. The van der Waals surface area contributed by atoms with Crippen LogP contribution in [0.25, 0.3) is 0 Å². The molecule has 40 heavy (non-hydrogen) atoms. The van der Waals surface area contributed by atoms with Crippen LogP contribution in [0.15, 0.2) is 91.0 Å². The van der Waals surface area contributed by atoms with Crippen molar-refractivity contribution in [2.24, 2.45) is 0 Å². The summed E-state index contributed by atoms with van der Waals surface area (Å²) in [6.07, 6.45) is -1.44. The number of imide groups is 1. The Morgan fingerprint density at radius 2 is 1.48 bits per heavy atom. The first kappa shape index (κ1) is 26.7. The van der Waals surface area contributed by atoms with Crippen molar-refractivity contribution in [1.29, 1.82) is 0 Å². The lowest BCUT2D eigenvalue weighted by atomic mass is 9.99. The normalized spacial score (nSPS) is 13.1. The SMILES string of the molecule is O=C(O[C@H](C(=O)c1ccccc1)c1ccc([N+](=O)[O-])cc1)c1ccc2c(c1)C(=O)N(c1cccc(Cl)c1Cl)C2=O. The molecule has 1 heterocycles. The van der Waals surface area contributed by atoms with Gasteiger partial charge < -0.3 is 4.74 Å². The minimum atomic E-state index is -1.44. The number of halogens is 2. The molecular formula is C29H16Cl2N2O7. The third-order valence-electron chi connectivity index (χ3n) is 6.22. The fraction of sp³-hybridized carbons (Fsp3) is 0.0345. The number of rotatable bonds is 7. The Bertz CT molecular complexity index is 1710. The summed E-state index contributed by atoms with van der Waals surface area (Å²) in [5.74, 6) is -2.87. The predicted molar refractivity (Wildman–Crippen MR) is 146 cm³/mol. The van der Waals surface area contributed by atoms with Crippen LogP contribution in [0.5, 0.6) is 0 Å². The largest absolute Gasteiger partial charge is 0.445 e. The number of nitro benzene ring substituents is 1. The molecule has 0 saturated heterocycles. The Morgan fingerprint density at radius 3 is 2.15 bits per heavy atom. The molecule has 0 fully saturated rings. The molecule has 9 nitrogen and oxygen atoms in total. The quantitative estimate of drug-likeness (QED) is 0.0812. The average molecular weight is 575 g/mol. The predicted octanol–water partition coefficient (Wildman–Crippen LogP) is 6.48. The molecule has 0 unspecified atom stereocenters. The number of hydrogen-bond donors (Lipinski definition) is 0. The van der Waals surface area contributed by atoms with E-state index in [0.29, 0.717) is 0 Å². The Kier molecular flexibility index (Phi) is 7.17. The highest BCUT2D eigenvalue weighted by Gasteiger charge is 2.39. The van der Waals surface area contributed by atoms with Gasteiger partial charge >= 0.3 is 5.97 Å². The fourth-order valence-corrected chi connectivity index (χ4v) is 4.60. The number of esters is 1. The van der Waals surface area contributed by atoms with E-state index in [-0.39, 0.29) is 49.2 Å². The second-order valence-electron chi connectivity index (χ2n) is 8.64. The van der Waals surface area contributed by atoms with Crippen molar-refractivity contribution in [2.75, 3.05) is 4.90 Å². The van der Waals surface area contributed by atoms with Crippen LogP contribution < -0.4 is 4.90 Å². The van der Waals surface area contributed by atoms with Crippen molar-refractivity contribution >= 4 is 58.1 Å². The summed E-state index contributed by atoms with van der Waals surface area (Å²) in [7, 11) is 0. The minimum absolute atomic E-state index is 0.0173. The van der Waals surface area contributed by atoms with Gasteiger partial charge in [0.15, 0.2) is 6.10 Å². The summed E-state index contributed by atoms with van der Waals surface area (Å²) in [5.41, 5.74) is 0.251. The first-order valence-corrected chi connectivity index (χ1v) is 12.4. The summed E-state index contributed by atoms with van der Waals surface area (Å²) in [4.78, 5) is 64.2. The van der Waals surface area contributed by atoms with Crippen LogP contribution in [-0.2, 0) is 4.74 Å². The highest BCUT2D eigenvalue weighted by atomic mass is 35.5. The molecule has 4 aromatic carbocycles. The monoisotopic (exact) mass is 574 g/mol. The molecule has 1 aliphatic heterocycles. The first-order chi connectivity index (χ1) is 19.2. The lowest BCUT2D eigenvalue weighted by Crippen LogP contribution is -2.29. The van der Waals surface area contributed by atoms with Crippen molar-refractivity contribution in [3.05, 3.63) is 139 Å². The van der Waals surface area contributed by atoms with E-state index >= 15 is 0 Å². The number of nitro groups is 1. The molecule has 0 N–H and O–H groups in total. The van der Waals surface area contributed by atoms with E-state index in [1.54, 1.807) is 30.3 Å². The maximum absolute atomic E-state index is 13.3. The number of amides is 2. The molecule has 0 spiro atoms. The Hall–Kier alpha value is -4.86. The van der Waals surface area contributed by atoms with Crippen molar-refractivity contribution in [1.82, 2.24) is 0 Å². The number of nitrogens with zero attached hydrogens (tertiary/aromatic N) is 2. The molecule has 1 aliphatic rings. The number of Topliss-reactive ketones (excluding diaryl/α,β-unsaturated/α-hetero) is 1. The number of benzene rings is 4. The molecule has 0 aliphatic carbocycles. The highest BCUT2D eigenvalue weighted by Crippen LogP contribution is 2.37. The van der Waals surface area contributed by atoms with Gasteiger partial charge in [0.05, 0.1) is 37.3 Å². The first-order valence-electron chi connectivity index (χ1n) is 11.7. The molecule has 4 aromatic rings. The van der Waals surface area contributed by atoms with Gasteiger partial charge in [0.1, 0.15) is 0 Å². The van der Waals surface area contributed by atoms with Crippen LogP contribution in [0.4, 0.5) is 11.4 Å². The molecular weight excluding hydrogens is 559 g/mol. The van der Waals surface area contributed by atoms with E-state index in [1.807, 2.05) is 0 Å². The molecule has 1 atom stereocenters. The highest BCUT2D eigenvalue weighted by molar-refractivity contribution is 6.46. The zero-order valence-electron chi connectivity index (χ0n) is 20.2. The van der Waals surface area contributed by atoms with E-state index in [2.05, 4.69) is 0 Å². The number of anilines is 1. The molecule has 2 amide bonds. The number of carbonyl (C=O) groups is 4. The molecule has 0 radical (unpaired) electrons. The van der Waals surface area contributed by atoms with Gasteiger partial charge in [0.25, 0.3) is 17.5 Å². The Labute approximate surface area is 236 Å². The smallest absolute Gasteiger partial charge is 0.339 e. The molecule has 5 rings (SSSR count). The van der Waals surface area contributed by atoms with Gasteiger partial charge in [-0.2, -0.15) is 0 Å². The van der Waals surface area contributed by atoms with Crippen LogP contribution in [-0.4, -0.2) is 28.5 Å². The summed E-state index contributed by atoms with van der Waals surface area (Å²) in [5, 5.41) is 11.2. The third kappa shape index (κ3) is 4.84. The van der Waals surface area contributed by atoms with Crippen LogP contribution in [0.2, 0.25) is 10.0 Å². The van der Waals surface area contributed by atoms with Crippen molar-refractivity contribution < 1.29 is 28.8 Å². The van der Waals surface area contributed by atoms with Gasteiger partial charge in [-0.15, -0.1) is 0 Å².